The number of carbonyl (C=O) groups is 1. The Morgan fingerprint density at radius 3 is 2.86 bits per heavy atom. The lowest BCUT2D eigenvalue weighted by Crippen LogP contribution is -2.44. The van der Waals surface area contributed by atoms with Gasteiger partial charge in [0, 0.05) is 18.1 Å². The van der Waals surface area contributed by atoms with Gasteiger partial charge in [0.2, 0.25) is 0 Å². The molecule has 1 aliphatic rings. The highest BCUT2D eigenvalue weighted by atomic mass is 16.5. The number of hydrogen-bond acceptors (Lipinski definition) is 4. The summed E-state index contributed by atoms with van der Waals surface area (Å²) in [6.07, 6.45) is 1.53. The minimum atomic E-state index is -0.454. The third-order valence-corrected chi connectivity index (χ3v) is 3.79. The third-order valence-electron chi connectivity index (χ3n) is 3.79. The van der Waals surface area contributed by atoms with E-state index in [4.69, 9.17) is 15.0 Å². The highest BCUT2D eigenvalue weighted by molar-refractivity contribution is 5.67. The van der Waals surface area contributed by atoms with Crippen molar-refractivity contribution in [2.75, 3.05) is 7.11 Å². The van der Waals surface area contributed by atoms with Gasteiger partial charge in [0.15, 0.2) is 0 Å². The van der Waals surface area contributed by atoms with E-state index >= 15 is 0 Å². The molecule has 0 spiro atoms. The molecule has 0 aliphatic heterocycles. The van der Waals surface area contributed by atoms with Gasteiger partial charge in [0.1, 0.15) is 6.61 Å². The Labute approximate surface area is 129 Å². The largest absolute Gasteiger partial charge is 0.445 e. The SMILES string of the molecule is CO[C@@H]1CC[C@H](NC(=O)OCc2ccccc2)C[C@H]1N=[N+]=[N-]. The lowest BCUT2D eigenvalue weighted by atomic mass is 9.89. The molecule has 0 heterocycles. The van der Waals surface area contributed by atoms with Crippen LogP contribution in [0, 0.1) is 0 Å². The zero-order valence-corrected chi connectivity index (χ0v) is 12.5. The van der Waals surface area contributed by atoms with E-state index in [-0.39, 0.29) is 24.8 Å². The molecule has 1 N–H and O–H groups in total. The van der Waals surface area contributed by atoms with Crippen molar-refractivity contribution < 1.29 is 14.3 Å². The number of nitrogens with one attached hydrogen (secondary N) is 1. The molecule has 1 amide bonds. The Bertz CT molecular complexity index is 531. The highest BCUT2D eigenvalue weighted by Gasteiger charge is 2.30. The second kappa shape index (κ2) is 8.26. The van der Waals surface area contributed by atoms with Crippen molar-refractivity contribution in [1.82, 2.24) is 5.32 Å². The van der Waals surface area contributed by atoms with Crippen LogP contribution in [0.4, 0.5) is 4.79 Å². The first-order valence-corrected chi connectivity index (χ1v) is 7.27. The fourth-order valence-corrected chi connectivity index (χ4v) is 2.64. The summed E-state index contributed by atoms with van der Waals surface area (Å²) in [4.78, 5) is 14.7. The van der Waals surface area contributed by atoms with Crippen molar-refractivity contribution in [1.29, 1.82) is 0 Å². The molecule has 1 aliphatic carbocycles. The number of alkyl carbamates (subject to hydrolysis) is 1. The number of azide groups is 1. The highest BCUT2D eigenvalue weighted by Crippen LogP contribution is 2.24. The van der Waals surface area contributed by atoms with Crippen LogP contribution in [0.5, 0.6) is 0 Å². The minimum Gasteiger partial charge on any atom is -0.445 e. The molecule has 0 saturated heterocycles. The smallest absolute Gasteiger partial charge is 0.407 e. The van der Waals surface area contributed by atoms with Gasteiger partial charge in [-0.2, -0.15) is 0 Å². The molecule has 1 saturated carbocycles. The first kappa shape index (κ1) is 16.1. The van der Waals surface area contributed by atoms with Gasteiger partial charge >= 0.3 is 6.09 Å². The number of methoxy groups -OCH3 is 1. The van der Waals surface area contributed by atoms with Crippen LogP contribution in [-0.2, 0) is 16.1 Å². The van der Waals surface area contributed by atoms with Gasteiger partial charge in [-0.1, -0.05) is 35.4 Å². The van der Waals surface area contributed by atoms with Gasteiger partial charge in [-0.25, -0.2) is 4.79 Å². The van der Waals surface area contributed by atoms with E-state index in [1.807, 2.05) is 30.3 Å². The Morgan fingerprint density at radius 1 is 1.41 bits per heavy atom. The molecule has 0 radical (unpaired) electrons. The van der Waals surface area contributed by atoms with E-state index in [2.05, 4.69) is 15.3 Å². The summed E-state index contributed by atoms with van der Waals surface area (Å²) >= 11 is 0. The van der Waals surface area contributed by atoms with Gasteiger partial charge in [-0.3, -0.25) is 0 Å². The summed E-state index contributed by atoms with van der Waals surface area (Å²) in [5.41, 5.74) is 9.54. The second-order valence-electron chi connectivity index (χ2n) is 5.26. The molecular formula is C15H20N4O3. The van der Waals surface area contributed by atoms with Crippen LogP contribution in [0.15, 0.2) is 35.4 Å². The molecule has 7 heteroatoms. The fraction of sp³-hybridized carbons (Fsp3) is 0.533. The average Bonchev–Trinajstić information content (AvgIpc) is 2.55. The zero-order chi connectivity index (χ0) is 15.8. The number of carbonyl (C=O) groups excluding carboxylic acids is 1. The van der Waals surface area contributed by atoms with Crippen molar-refractivity contribution in [2.45, 2.75) is 44.1 Å². The van der Waals surface area contributed by atoms with E-state index in [0.29, 0.717) is 6.42 Å². The number of rotatable bonds is 5. The molecule has 22 heavy (non-hydrogen) atoms. The number of amides is 1. The van der Waals surface area contributed by atoms with Gasteiger partial charge in [-0.05, 0) is 30.4 Å². The number of hydrogen-bond donors (Lipinski definition) is 1. The van der Waals surface area contributed by atoms with Crippen LogP contribution in [0.2, 0.25) is 0 Å². The van der Waals surface area contributed by atoms with Crippen molar-refractivity contribution >= 4 is 6.09 Å². The molecule has 0 unspecified atom stereocenters. The molecule has 0 aromatic heterocycles. The third kappa shape index (κ3) is 4.65. The van der Waals surface area contributed by atoms with Gasteiger partial charge < -0.3 is 14.8 Å². The number of ether oxygens (including phenoxy) is 2. The van der Waals surface area contributed by atoms with Crippen LogP contribution >= 0.6 is 0 Å². The Balaban J connectivity index is 1.80. The van der Waals surface area contributed by atoms with E-state index in [0.717, 1.165) is 18.4 Å². The first-order chi connectivity index (χ1) is 10.7. The molecular weight excluding hydrogens is 284 g/mol. The molecule has 1 fully saturated rings. The van der Waals surface area contributed by atoms with Crippen molar-refractivity contribution in [3.63, 3.8) is 0 Å². The fourth-order valence-electron chi connectivity index (χ4n) is 2.64. The van der Waals surface area contributed by atoms with Crippen LogP contribution in [0.3, 0.4) is 0 Å². The monoisotopic (exact) mass is 304 g/mol. The second-order valence-corrected chi connectivity index (χ2v) is 5.26. The molecule has 2 rings (SSSR count). The van der Waals surface area contributed by atoms with Crippen LogP contribution in [0.25, 0.3) is 10.4 Å². The van der Waals surface area contributed by atoms with Gasteiger partial charge in [-0.15, -0.1) is 0 Å². The summed E-state index contributed by atoms with van der Waals surface area (Å²) in [5, 5.41) is 6.57. The van der Waals surface area contributed by atoms with Gasteiger partial charge in [0.05, 0.1) is 12.1 Å². The first-order valence-electron chi connectivity index (χ1n) is 7.27. The van der Waals surface area contributed by atoms with E-state index in [9.17, 15) is 4.79 Å². The standard InChI is InChI=1S/C15H20N4O3/c1-21-14-8-7-12(9-13(14)18-19-16)17-15(20)22-10-11-5-3-2-4-6-11/h2-6,12-14H,7-10H2,1H3,(H,17,20)/t12-,13+,14+/m0/s1. The summed E-state index contributed by atoms with van der Waals surface area (Å²) < 4.78 is 10.5. The maximum atomic E-state index is 11.8. The van der Waals surface area contributed by atoms with Crippen molar-refractivity contribution in [3.05, 3.63) is 46.3 Å². The quantitative estimate of drug-likeness (QED) is 0.514. The maximum absolute atomic E-state index is 11.8. The Hall–Kier alpha value is -2.24. The van der Waals surface area contributed by atoms with Crippen molar-refractivity contribution in [2.24, 2.45) is 5.11 Å². The lowest BCUT2D eigenvalue weighted by molar-refractivity contribution is 0.0446. The summed E-state index contributed by atoms with van der Waals surface area (Å²) in [6.45, 7) is 0.236. The van der Waals surface area contributed by atoms with Crippen LogP contribution in [0.1, 0.15) is 24.8 Å². The summed E-state index contributed by atoms with van der Waals surface area (Å²) in [7, 11) is 1.60. The maximum Gasteiger partial charge on any atom is 0.407 e. The summed E-state index contributed by atoms with van der Waals surface area (Å²) in [6, 6.07) is 9.17. The Kier molecular flexibility index (Phi) is 6.06. The number of benzene rings is 1. The molecule has 3 atom stereocenters. The predicted octanol–water partition coefficient (Wildman–Crippen LogP) is 3.16. The molecule has 0 bridgehead atoms. The van der Waals surface area contributed by atoms with E-state index < -0.39 is 6.09 Å². The van der Waals surface area contributed by atoms with Crippen molar-refractivity contribution in [3.8, 4) is 0 Å². The molecule has 7 nitrogen and oxygen atoms in total. The van der Waals surface area contributed by atoms with Crippen LogP contribution in [-0.4, -0.2) is 31.4 Å². The average molecular weight is 304 g/mol. The lowest BCUT2D eigenvalue weighted by Gasteiger charge is -2.32. The molecule has 118 valence electrons. The Morgan fingerprint density at radius 2 is 2.18 bits per heavy atom. The molecule has 1 aromatic carbocycles. The van der Waals surface area contributed by atoms with Gasteiger partial charge in [0.25, 0.3) is 0 Å². The number of nitrogens with zero attached hydrogens (tertiary/aromatic N) is 3. The summed E-state index contributed by atoms with van der Waals surface area (Å²) in [5.74, 6) is 0. The zero-order valence-electron chi connectivity index (χ0n) is 12.5. The normalized spacial score (nSPS) is 24.1. The molecule has 1 aromatic rings. The topological polar surface area (TPSA) is 96.3 Å². The van der Waals surface area contributed by atoms with E-state index in [1.165, 1.54) is 0 Å². The van der Waals surface area contributed by atoms with Crippen LogP contribution < -0.4 is 5.32 Å². The predicted molar refractivity (Wildman–Crippen MR) is 81.1 cm³/mol. The minimum absolute atomic E-state index is 0.0647. The van der Waals surface area contributed by atoms with E-state index in [1.54, 1.807) is 7.11 Å².